The lowest BCUT2D eigenvalue weighted by molar-refractivity contribution is -0.116. The molecule has 0 saturated heterocycles. The minimum atomic E-state index is 0.0810. The van der Waals surface area contributed by atoms with E-state index >= 15 is 0 Å². The lowest BCUT2D eigenvalue weighted by Crippen LogP contribution is -2.00. The highest BCUT2D eigenvalue weighted by Crippen LogP contribution is 2.32. The van der Waals surface area contributed by atoms with Crippen LogP contribution in [0.2, 0.25) is 5.02 Å². The van der Waals surface area contributed by atoms with Gasteiger partial charge < -0.3 is 4.74 Å². The van der Waals surface area contributed by atoms with E-state index in [1.165, 1.54) is 6.92 Å². The van der Waals surface area contributed by atoms with Gasteiger partial charge in [-0.25, -0.2) is 0 Å². The Bertz CT molecular complexity index is 363. The van der Waals surface area contributed by atoms with Gasteiger partial charge in [0.05, 0.1) is 12.1 Å². The van der Waals surface area contributed by atoms with Crippen LogP contribution in [-0.2, 0) is 11.2 Å². The summed E-state index contributed by atoms with van der Waals surface area (Å²) in [6, 6.07) is 3.58. The van der Waals surface area contributed by atoms with Crippen LogP contribution in [0.1, 0.15) is 12.5 Å². The van der Waals surface area contributed by atoms with E-state index in [0.29, 0.717) is 17.2 Å². The lowest BCUT2D eigenvalue weighted by atomic mass is 10.1. The van der Waals surface area contributed by atoms with Crippen LogP contribution in [0.15, 0.2) is 16.6 Å². The van der Waals surface area contributed by atoms with Crippen molar-refractivity contribution in [2.24, 2.45) is 0 Å². The van der Waals surface area contributed by atoms with Gasteiger partial charge in [-0.3, -0.25) is 4.79 Å². The number of rotatable bonds is 3. The number of halogens is 2. The van der Waals surface area contributed by atoms with Crippen LogP contribution in [0.4, 0.5) is 0 Å². The lowest BCUT2D eigenvalue weighted by Gasteiger charge is -2.09. The topological polar surface area (TPSA) is 26.3 Å². The minimum absolute atomic E-state index is 0.0810. The van der Waals surface area contributed by atoms with Crippen LogP contribution in [-0.4, -0.2) is 12.9 Å². The second-order valence-electron chi connectivity index (χ2n) is 2.96. The van der Waals surface area contributed by atoms with Crippen LogP contribution >= 0.6 is 27.5 Å². The maximum absolute atomic E-state index is 11.0. The third-order valence-electron chi connectivity index (χ3n) is 1.73. The third-order valence-corrected chi connectivity index (χ3v) is 2.47. The predicted octanol–water partition coefficient (Wildman–Crippen LogP) is 3.24. The molecule has 0 N–H and O–H groups in total. The highest BCUT2D eigenvalue weighted by Gasteiger charge is 2.10. The van der Waals surface area contributed by atoms with E-state index in [-0.39, 0.29) is 5.78 Å². The van der Waals surface area contributed by atoms with Crippen LogP contribution in [0, 0.1) is 0 Å². The molecule has 0 atom stereocenters. The number of ketones is 1. The van der Waals surface area contributed by atoms with Crippen molar-refractivity contribution in [1.29, 1.82) is 0 Å². The maximum Gasteiger partial charge on any atom is 0.141 e. The van der Waals surface area contributed by atoms with Crippen LogP contribution in [0.3, 0.4) is 0 Å². The number of ether oxygens (including phenoxy) is 1. The van der Waals surface area contributed by atoms with Gasteiger partial charge in [-0.15, -0.1) is 0 Å². The Morgan fingerprint density at radius 1 is 1.57 bits per heavy atom. The summed E-state index contributed by atoms with van der Waals surface area (Å²) < 4.78 is 5.97. The summed E-state index contributed by atoms with van der Waals surface area (Å²) >= 11 is 9.27. The smallest absolute Gasteiger partial charge is 0.141 e. The SMILES string of the molecule is COc1c(Cl)cc(Br)cc1CC(C)=O. The van der Waals surface area contributed by atoms with Crippen molar-refractivity contribution in [1.82, 2.24) is 0 Å². The Morgan fingerprint density at radius 3 is 2.71 bits per heavy atom. The molecule has 0 bridgehead atoms. The van der Waals surface area contributed by atoms with Gasteiger partial charge in [0.2, 0.25) is 0 Å². The number of methoxy groups -OCH3 is 1. The molecular weight excluding hydrogens is 267 g/mol. The molecule has 0 aromatic heterocycles. The monoisotopic (exact) mass is 276 g/mol. The van der Waals surface area contributed by atoms with E-state index in [1.807, 2.05) is 6.07 Å². The quantitative estimate of drug-likeness (QED) is 0.848. The van der Waals surface area contributed by atoms with Crippen molar-refractivity contribution in [2.45, 2.75) is 13.3 Å². The highest BCUT2D eigenvalue weighted by atomic mass is 79.9. The van der Waals surface area contributed by atoms with E-state index in [9.17, 15) is 4.79 Å². The van der Waals surface area contributed by atoms with Gasteiger partial charge in [-0.2, -0.15) is 0 Å². The summed E-state index contributed by atoms with van der Waals surface area (Å²) in [6.07, 6.45) is 0.336. The first-order valence-electron chi connectivity index (χ1n) is 4.06. The summed E-state index contributed by atoms with van der Waals surface area (Å²) in [5.74, 6) is 0.655. The first-order valence-corrected chi connectivity index (χ1v) is 5.23. The molecule has 0 heterocycles. The number of carbonyl (C=O) groups is 1. The number of benzene rings is 1. The fraction of sp³-hybridized carbons (Fsp3) is 0.300. The van der Waals surface area contributed by atoms with Gasteiger partial charge in [-0.1, -0.05) is 27.5 Å². The van der Waals surface area contributed by atoms with Crippen molar-refractivity contribution in [3.63, 3.8) is 0 Å². The highest BCUT2D eigenvalue weighted by molar-refractivity contribution is 9.10. The van der Waals surface area contributed by atoms with E-state index < -0.39 is 0 Å². The molecule has 0 amide bonds. The molecule has 0 aliphatic carbocycles. The number of hydrogen-bond acceptors (Lipinski definition) is 2. The van der Waals surface area contributed by atoms with Crippen molar-refractivity contribution < 1.29 is 9.53 Å². The van der Waals surface area contributed by atoms with Crippen molar-refractivity contribution >= 4 is 33.3 Å². The molecule has 4 heteroatoms. The van der Waals surface area contributed by atoms with Crippen LogP contribution < -0.4 is 4.74 Å². The zero-order valence-electron chi connectivity index (χ0n) is 7.93. The summed E-state index contributed by atoms with van der Waals surface area (Å²) in [5, 5.41) is 0.512. The largest absolute Gasteiger partial charge is 0.495 e. The normalized spacial score (nSPS) is 10.0. The Morgan fingerprint density at radius 2 is 2.21 bits per heavy atom. The van der Waals surface area contributed by atoms with Crippen molar-refractivity contribution in [3.05, 3.63) is 27.2 Å². The molecule has 1 aromatic rings. The van der Waals surface area contributed by atoms with E-state index in [1.54, 1.807) is 13.2 Å². The maximum atomic E-state index is 11.0. The molecule has 0 radical (unpaired) electrons. The summed E-state index contributed by atoms with van der Waals surface area (Å²) in [6.45, 7) is 1.54. The second kappa shape index (κ2) is 4.80. The molecular formula is C10H10BrClO2. The number of hydrogen-bond donors (Lipinski definition) is 0. The Balaban J connectivity index is 3.17. The predicted molar refractivity (Wildman–Crippen MR) is 60.1 cm³/mol. The molecule has 0 saturated carbocycles. The zero-order valence-corrected chi connectivity index (χ0v) is 10.3. The van der Waals surface area contributed by atoms with E-state index in [2.05, 4.69) is 15.9 Å². The van der Waals surface area contributed by atoms with Gasteiger partial charge in [0.25, 0.3) is 0 Å². The fourth-order valence-electron chi connectivity index (χ4n) is 1.24. The molecule has 2 nitrogen and oxygen atoms in total. The van der Waals surface area contributed by atoms with Gasteiger partial charge in [0.1, 0.15) is 11.5 Å². The third kappa shape index (κ3) is 2.72. The fourth-order valence-corrected chi connectivity index (χ4v) is 2.19. The summed E-state index contributed by atoms with van der Waals surface area (Å²) in [4.78, 5) is 11.0. The standard InChI is InChI=1S/C10H10BrClO2/c1-6(13)3-7-4-8(11)5-9(12)10(7)14-2/h4-5H,3H2,1-2H3. The second-order valence-corrected chi connectivity index (χ2v) is 4.28. The van der Waals surface area contributed by atoms with E-state index in [0.717, 1.165) is 10.0 Å². The minimum Gasteiger partial charge on any atom is -0.495 e. The first-order chi connectivity index (χ1) is 6.54. The van der Waals surface area contributed by atoms with Gasteiger partial charge in [-0.05, 0) is 19.1 Å². The van der Waals surface area contributed by atoms with Gasteiger partial charge in [0, 0.05) is 16.5 Å². The number of carbonyl (C=O) groups excluding carboxylic acids is 1. The number of Topliss-reactive ketones (excluding diaryl/α,β-unsaturated/α-hetero) is 1. The van der Waals surface area contributed by atoms with E-state index in [4.69, 9.17) is 16.3 Å². The van der Waals surface area contributed by atoms with Crippen LogP contribution in [0.25, 0.3) is 0 Å². The molecule has 0 fully saturated rings. The Labute approximate surface area is 96.3 Å². The van der Waals surface area contributed by atoms with Crippen molar-refractivity contribution in [3.8, 4) is 5.75 Å². The summed E-state index contributed by atoms with van der Waals surface area (Å²) in [7, 11) is 1.54. The summed E-state index contributed by atoms with van der Waals surface area (Å²) in [5.41, 5.74) is 0.805. The molecule has 0 spiro atoms. The molecule has 1 rings (SSSR count). The Kier molecular flexibility index (Phi) is 3.96. The average molecular weight is 278 g/mol. The van der Waals surface area contributed by atoms with Crippen LogP contribution in [0.5, 0.6) is 5.75 Å². The Hall–Kier alpha value is -0.540. The zero-order chi connectivity index (χ0) is 10.7. The average Bonchev–Trinajstić information content (AvgIpc) is 2.01. The van der Waals surface area contributed by atoms with Gasteiger partial charge >= 0.3 is 0 Å². The van der Waals surface area contributed by atoms with Crippen molar-refractivity contribution in [2.75, 3.05) is 7.11 Å². The molecule has 0 aliphatic heterocycles. The molecule has 14 heavy (non-hydrogen) atoms. The molecule has 0 aliphatic rings. The van der Waals surface area contributed by atoms with Gasteiger partial charge in [0.15, 0.2) is 0 Å². The molecule has 76 valence electrons. The molecule has 1 aromatic carbocycles. The first kappa shape index (κ1) is 11.5. The molecule has 0 unspecified atom stereocenters.